The molecule has 2 unspecified atom stereocenters. The van der Waals surface area contributed by atoms with Gasteiger partial charge in [-0.3, -0.25) is 0 Å². The Kier molecular flexibility index (Phi) is 7.11. The predicted octanol–water partition coefficient (Wildman–Crippen LogP) is 4.23. The quantitative estimate of drug-likeness (QED) is 0.610. The smallest absolute Gasteiger partial charge is 0.00179 e. The Hall–Kier alpha value is -0.0400. The number of hydrogen-bond acceptors (Lipinski definition) is 1. The summed E-state index contributed by atoms with van der Waals surface area (Å²) >= 11 is 0. The lowest BCUT2D eigenvalue weighted by molar-refractivity contribution is 0.284. The zero-order valence-electron chi connectivity index (χ0n) is 11.6. The Morgan fingerprint density at radius 1 is 1.06 bits per heavy atom. The lowest BCUT2D eigenvalue weighted by Crippen LogP contribution is -2.26. The van der Waals surface area contributed by atoms with Crippen molar-refractivity contribution in [2.45, 2.75) is 65.7 Å². The molecule has 2 atom stereocenters. The molecule has 0 aromatic carbocycles. The van der Waals surface area contributed by atoms with Gasteiger partial charge >= 0.3 is 0 Å². The summed E-state index contributed by atoms with van der Waals surface area (Å²) in [6, 6.07) is 0. The number of rotatable bonds is 8. The molecular weight excluding hydrogens is 194 g/mol. The minimum atomic E-state index is 0.979. The highest BCUT2D eigenvalue weighted by Gasteiger charge is 2.28. The summed E-state index contributed by atoms with van der Waals surface area (Å²) < 4.78 is 0. The monoisotopic (exact) mass is 225 g/mol. The molecule has 96 valence electrons. The van der Waals surface area contributed by atoms with Gasteiger partial charge in [0, 0.05) is 0 Å². The molecule has 1 rings (SSSR count). The maximum atomic E-state index is 3.62. The van der Waals surface area contributed by atoms with E-state index in [9.17, 15) is 0 Å². The van der Waals surface area contributed by atoms with Gasteiger partial charge < -0.3 is 5.32 Å². The minimum Gasteiger partial charge on any atom is -0.316 e. The molecule has 0 bridgehead atoms. The molecule has 0 saturated heterocycles. The van der Waals surface area contributed by atoms with Crippen LogP contribution in [-0.4, -0.2) is 13.1 Å². The van der Waals surface area contributed by atoms with E-state index in [1.807, 2.05) is 0 Å². The first-order valence-corrected chi connectivity index (χ1v) is 7.52. The van der Waals surface area contributed by atoms with Gasteiger partial charge in [0.05, 0.1) is 0 Å². The summed E-state index contributed by atoms with van der Waals surface area (Å²) in [6.45, 7) is 9.44. The summed E-state index contributed by atoms with van der Waals surface area (Å²) in [5.41, 5.74) is 0. The molecule has 1 heteroatoms. The van der Waals surface area contributed by atoms with Gasteiger partial charge in [-0.05, 0) is 50.1 Å². The zero-order chi connectivity index (χ0) is 11.8. The van der Waals surface area contributed by atoms with Gasteiger partial charge in [0.25, 0.3) is 0 Å². The Labute approximate surface area is 102 Å². The molecule has 1 N–H and O–H groups in total. The van der Waals surface area contributed by atoms with Gasteiger partial charge in [-0.2, -0.15) is 0 Å². The molecule has 16 heavy (non-hydrogen) atoms. The van der Waals surface area contributed by atoms with Gasteiger partial charge in [-0.25, -0.2) is 0 Å². The van der Waals surface area contributed by atoms with E-state index in [2.05, 4.69) is 26.1 Å². The van der Waals surface area contributed by atoms with Crippen molar-refractivity contribution < 1.29 is 0 Å². The molecule has 1 saturated carbocycles. The van der Waals surface area contributed by atoms with Crippen LogP contribution in [0.1, 0.15) is 65.7 Å². The fourth-order valence-electron chi connectivity index (χ4n) is 3.21. The summed E-state index contributed by atoms with van der Waals surface area (Å²) in [6.07, 6.45) is 9.96. The van der Waals surface area contributed by atoms with Crippen molar-refractivity contribution in [3.63, 3.8) is 0 Å². The largest absolute Gasteiger partial charge is 0.316 e. The van der Waals surface area contributed by atoms with Crippen LogP contribution in [0, 0.1) is 17.8 Å². The van der Waals surface area contributed by atoms with E-state index in [1.165, 1.54) is 58.0 Å². The van der Waals surface area contributed by atoms with Gasteiger partial charge in [-0.15, -0.1) is 0 Å². The van der Waals surface area contributed by atoms with E-state index >= 15 is 0 Å². The van der Waals surface area contributed by atoms with Crippen LogP contribution >= 0.6 is 0 Å². The Morgan fingerprint density at radius 3 is 2.38 bits per heavy atom. The van der Waals surface area contributed by atoms with Crippen molar-refractivity contribution >= 4 is 0 Å². The fourth-order valence-corrected chi connectivity index (χ4v) is 3.21. The van der Waals surface area contributed by atoms with Crippen LogP contribution in [0.25, 0.3) is 0 Å². The summed E-state index contributed by atoms with van der Waals surface area (Å²) in [4.78, 5) is 0. The van der Waals surface area contributed by atoms with Crippen LogP contribution in [0.15, 0.2) is 0 Å². The first kappa shape index (κ1) is 14.0. The number of nitrogens with one attached hydrogen (secondary N) is 1. The second kappa shape index (κ2) is 8.11. The molecule has 1 nitrogen and oxygen atoms in total. The molecule has 0 heterocycles. The van der Waals surface area contributed by atoms with Crippen LogP contribution < -0.4 is 5.32 Å². The topological polar surface area (TPSA) is 12.0 Å². The van der Waals surface area contributed by atoms with E-state index < -0.39 is 0 Å². The van der Waals surface area contributed by atoms with Crippen LogP contribution in [0.3, 0.4) is 0 Å². The molecular formula is C15H31N. The SMILES string of the molecule is CCCNCC1CCCC1CC(CC)CC. The first-order chi connectivity index (χ1) is 7.81. The molecule has 1 fully saturated rings. The van der Waals surface area contributed by atoms with Crippen LogP contribution in [-0.2, 0) is 0 Å². The van der Waals surface area contributed by atoms with E-state index in [0.29, 0.717) is 0 Å². The fraction of sp³-hybridized carbons (Fsp3) is 1.00. The van der Waals surface area contributed by atoms with E-state index in [0.717, 1.165) is 17.8 Å². The second-order valence-corrected chi connectivity index (χ2v) is 5.57. The molecule has 0 radical (unpaired) electrons. The Morgan fingerprint density at radius 2 is 1.75 bits per heavy atom. The molecule has 0 spiro atoms. The van der Waals surface area contributed by atoms with Crippen molar-refractivity contribution in [3.8, 4) is 0 Å². The van der Waals surface area contributed by atoms with Crippen molar-refractivity contribution in [2.75, 3.05) is 13.1 Å². The molecule has 0 amide bonds. The van der Waals surface area contributed by atoms with Crippen LogP contribution in [0.5, 0.6) is 0 Å². The Balaban J connectivity index is 2.27. The van der Waals surface area contributed by atoms with Gasteiger partial charge in [-0.1, -0.05) is 46.5 Å². The molecule has 1 aliphatic carbocycles. The second-order valence-electron chi connectivity index (χ2n) is 5.57. The lowest BCUT2D eigenvalue weighted by Gasteiger charge is -2.24. The van der Waals surface area contributed by atoms with E-state index in [4.69, 9.17) is 0 Å². The van der Waals surface area contributed by atoms with E-state index in [1.54, 1.807) is 0 Å². The Bertz CT molecular complexity index is 163. The van der Waals surface area contributed by atoms with Gasteiger partial charge in [0.15, 0.2) is 0 Å². The predicted molar refractivity (Wildman–Crippen MR) is 72.7 cm³/mol. The average Bonchev–Trinajstić information content (AvgIpc) is 2.74. The standard InChI is InChI=1S/C15H31N/c1-4-10-16-12-15-9-7-8-14(15)11-13(5-2)6-3/h13-16H,4-12H2,1-3H3. The van der Waals surface area contributed by atoms with Crippen LogP contribution in [0.2, 0.25) is 0 Å². The van der Waals surface area contributed by atoms with E-state index in [-0.39, 0.29) is 0 Å². The third-order valence-electron chi connectivity index (χ3n) is 4.44. The normalized spacial score (nSPS) is 25.5. The minimum absolute atomic E-state index is 0.979. The molecule has 0 aromatic heterocycles. The molecule has 1 aliphatic rings. The summed E-state index contributed by atoms with van der Waals surface area (Å²) in [7, 11) is 0. The maximum absolute atomic E-state index is 3.62. The number of hydrogen-bond donors (Lipinski definition) is 1. The van der Waals surface area contributed by atoms with Gasteiger partial charge in [0.1, 0.15) is 0 Å². The summed E-state index contributed by atoms with van der Waals surface area (Å²) in [5, 5.41) is 3.62. The van der Waals surface area contributed by atoms with Crippen molar-refractivity contribution in [3.05, 3.63) is 0 Å². The van der Waals surface area contributed by atoms with Gasteiger partial charge in [0.2, 0.25) is 0 Å². The van der Waals surface area contributed by atoms with Crippen LogP contribution in [0.4, 0.5) is 0 Å². The van der Waals surface area contributed by atoms with Crippen molar-refractivity contribution in [1.82, 2.24) is 5.32 Å². The maximum Gasteiger partial charge on any atom is -0.00179 e. The lowest BCUT2D eigenvalue weighted by atomic mass is 9.84. The van der Waals surface area contributed by atoms with Crippen molar-refractivity contribution in [2.24, 2.45) is 17.8 Å². The highest BCUT2D eigenvalue weighted by atomic mass is 14.9. The summed E-state index contributed by atoms with van der Waals surface area (Å²) in [5.74, 6) is 2.98. The molecule has 0 aliphatic heterocycles. The third kappa shape index (κ3) is 4.45. The highest BCUT2D eigenvalue weighted by molar-refractivity contribution is 4.80. The molecule has 0 aromatic rings. The highest BCUT2D eigenvalue weighted by Crippen LogP contribution is 2.37. The third-order valence-corrected chi connectivity index (χ3v) is 4.44. The average molecular weight is 225 g/mol. The first-order valence-electron chi connectivity index (χ1n) is 7.52. The van der Waals surface area contributed by atoms with Crippen molar-refractivity contribution in [1.29, 1.82) is 0 Å². The zero-order valence-corrected chi connectivity index (χ0v) is 11.6.